The molecule has 32 heavy (non-hydrogen) atoms. The second kappa shape index (κ2) is 10.3. The van der Waals surface area contributed by atoms with Crippen molar-refractivity contribution in [1.29, 1.82) is 0 Å². The monoisotopic (exact) mass is 438 g/mol. The van der Waals surface area contributed by atoms with Crippen molar-refractivity contribution < 1.29 is 19.0 Å². The van der Waals surface area contributed by atoms with Crippen LogP contribution in [-0.4, -0.2) is 44.2 Å². The zero-order valence-electron chi connectivity index (χ0n) is 19.3. The van der Waals surface area contributed by atoms with Crippen molar-refractivity contribution in [3.8, 4) is 17.2 Å². The fourth-order valence-electron chi connectivity index (χ4n) is 4.63. The summed E-state index contributed by atoms with van der Waals surface area (Å²) in [4.78, 5) is 15.3. The van der Waals surface area contributed by atoms with Crippen LogP contribution in [0.2, 0.25) is 0 Å². The summed E-state index contributed by atoms with van der Waals surface area (Å²) >= 11 is 0. The van der Waals surface area contributed by atoms with E-state index in [0.29, 0.717) is 19.8 Å². The Bertz CT molecular complexity index is 913. The smallest absolute Gasteiger partial charge is 0.234 e. The summed E-state index contributed by atoms with van der Waals surface area (Å²) in [5, 5.41) is 3.26. The molecule has 0 spiro atoms. The largest absolute Gasteiger partial charge is 0.497 e. The molecule has 4 rings (SSSR count). The first-order valence-electron chi connectivity index (χ1n) is 11.6. The molecule has 6 heteroatoms. The van der Waals surface area contributed by atoms with E-state index in [1.165, 1.54) is 5.56 Å². The van der Waals surface area contributed by atoms with E-state index < -0.39 is 0 Å². The number of methoxy groups -OCH3 is 1. The van der Waals surface area contributed by atoms with Gasteiger partial charge in [-0.25, -0.2) is 0 Å². The van der Waals surface area contributed by atoms with Gasteiger partial charge in [-0.3, -0.25) is 9.69 Å². The Labute approximate surface area is 190 Å². The van der Waals surface area contributed by atoms with Gasteiger partial charge in [0.05, 0.1) is 32.9 Å². The van der Waals surface area contributed by atoms with E-state index in [2.05, 4.69) is 36.2 Å². The molecule has 172 valence electrons. The van der Waals surface area contributed by atoms with Gasteiger partial charge in [0.1, 0.15) is 5.75 Å². The Hall–Kier alpha value is -2.73. The van der Waals surface area contributed by atoms with E-state index in [-0.39, 0.29) is 23.9 Å². The van der Waals surface area contributed by atoms with Gasteiger partial charge in [0.25, 0.3) is 0 Å². The first-order chi connectivity index (χ1) is 15.5. The summed E-state index contributed by atoms with van der Waals surface area (Å²) in [6, 6.07) is 14.3. The van der Waals surface area contributed by atoms with Crippen LogP contribution in [0.25, 0.3) is 0 Å². The van der Waals surface area contributed by atoms with Gasteiger partial charge in [0.2, 0.25) is 5.91 Å². The minimum Gasteiger partial charge on any atom is -0.497 e. The van der Waals surface area contributed by atoms with Crippen LogP contribution in [0, 0.1) is 5.92 Å². The molecule has 2 aromatic carbocycles. The minimum atomic E-state index is -0.0347. The van der Waals surface area contributed by atoms with Crippen molar-refractivity contribution in [2.45, 2.75) is 45.2 Å². The van der Waals surface area contributed by atoms with E-state index in [0.717, 1.165) is 48.6 Å². The molecule has 6 nitrogen and oxygen atoms in total. The van der Waals surface area contributed by atoms with Gasteiger partial charge in [-0.05, 0) is 60.7 Å². The third-order valence-electron chi connectivity index (χ3n) is 6.32. The molecule has 1 N–H and O–H groups in total. The average molecular weight is 439 g/mol. The van der Waals surface area contributed by atoms with Gasteiger partial charge in [-0.1, -0.05) is 32.0 Å². The average Bonchev–Trinajstić information content (AvgIpc) is 3.12. The number of hydrogen-bond acceptors (Lipinski definition) is 5. The summed E-state index contributed by atoms with van der Waals surface area (Å²) < 4.78 is 16.9. The molecular formula is C26H34N2O4. The standard InChI is InChI=1S/C26H34N2O4/c1-18(2)26(19-7-10-21(30-3)11-8-19)27-25(29)17-28-13-4-6-22(28)20-9-12-23-24(16-20)32-15-5-14-31-23/h7-12,16,18,22,26H,4-6,13-15,17H2,1-3H3,(H,27,29)/t22-,26+/m0/s1. The van der Waals surface area contributed by atoms with Crippen molar-refractivity contribution in [3.05, 3.63) is 53.6 Å². The van der Waals surface area contributed by atoms with E-state index in [4.69, 9.17) is 14.2 Å². The van der Waals surface area contributed by atoms with Crippen molar-refractivity contribution in [2.24, 2.45) is 5.92 Å². The maximum absolute atomic E-state index is 13.0. The maximum Gasteiger partial charge on any atom is 0.234 e. The highest BCUT2D eigenvalue weighted by Gasteiger charge is 2.29. The number of likely N-dealkylation sites (tertiary alicyclic amines) is 1. The number of carbonyl (C=O) groups excluding carboxylic acids is 1. The van der Waals surface area contributed by atoms with Crippen LogP contribution in [0.3, 0.4) is 0 Å². The Balaban J connectivity index is 1.43. The van der Waals surface area contributed by atoms with Crippen molar-refractivity contribution in [3.63, 3.8) is 0 Å². The normalized spacial score (nSPS) is 19.4. The second-order valence-electron chi connectivity index (χ2n) is 8.95. The zero-order valence-corrected chi connectivity index (χ0v) is 19.3. The number of nitrogens with one attached hydrogen (secondary N) is 1. The number of fused-ring (bicyclic) bond motifs is 1. The summed E-state index contributed by atoms with van der Waals surface area (Å²) in [6.07, 6.45) is 3.02. The molecule has 0 bridgehead atoms. The minimum absolute atomic E-state index is 0.0347. The topological polar surface area (TPSA) is 60.0 Å². The highest BCUT2D eigenvalue weighted by Crippen LogP contribution is 2.37. The van der Waals surface area contributed by atoms with Crippen molar-refractivity contribution >= 4 is 5.91 Å². The van der Waals surface area contributed by atoms with Crippen LogP contribution in [0.5, 0.6) is 17.2 Å². The summed E-state index contributed by atoms with van der Waals surface area (Å²) in [7, 11) is 1.66. The molecule has 1 saturated heterocycles. The number of ether oxygens (including phenoxy) is 3. The fraction of sp³-hybridized carbons (Fsp3) is 0.500. The lowest BCUT2D eigenvalue weighted by Crippen LogP contribution is -2.40. The fourth-order valence-corrected chi connectivity index (χ4v) is 4.63. The molecule has 0 radical (unpaired) electrons. The molecule has 1 fully saturated rings. The summed E-state index contributed by atoms with van der Waals surface area (Å²) in [5.74, 6) is 2.78. The molecule has 0 aliphatic carbocycles. The van der Waals surface area contributed by atoms with Crippen molar-refractivity contribution in [2.75, 3.05) is 33.4 Å². The van der Waals surface area contributed by atoms with E-state index >= 15 is 0 Å². The molecule has 0 aromatic heterocycles. The summed E-state index contributed by atoms with van der Waals surface area (Å²) in [5.41, 5.74) is 2.28. The number of nitrogens with zero attached hydrogens (tertiary/aromatic N) is 1. The molecule has 1 amide bonds. The van der Waals surface area contributed by atoms with E-state index in [1.54, 1.807) is 7.11 Å². The number of amides is 1. The highest BCUT2D eigenvalue weighted by atomic mass is 16.5. The SMILES string of the molecule is COc1ccc([C@H](NC(=O)CN2CCC[C@H]2c2ccc3c(c2)OCCCO3)C(C)C)cc1. The first-order valence-corrected chi connectivity index (χ1v) is 11.6. The van der Waals surface area contributed by atoms with Gasteiger partial charge in [0, 0.05) is 12.5 Å². The molecule has 2 atom stereocenters. The Morgan fingerprint density at radius 1 is 1.09 bits per heavy atom. The predicted octanol–water partition coefficient (Wildman–Crippen LogP) is 4.51. The Kier molecular flexibility index (Phi) is 7.20. The van der Waals surface area contributed by atoms with Gasteiger partial charge < -0.3 is 19.5 Å². The van der Waals surface area contributed by atoms with E-state index in [1.807, 2.05) is 30.3 Å². The molecule has 0 saturated carbocycles. The van der Waals surface area contributed by atoms with E-state index in [9.17, 15) is 4.79 Å². The van der Waals surface area contributed by atoms with Gasteiger partial charge in [-0.15, -0.1) is 0 Å². The third kappa shape index (κ3) is 5.18. The van der Waals surface area contributed by atoms with Crippen LogP contribution >= 0.6 is 0 Å². The van der Waals surface area contributed by atoms with Crippen LogP contribution < -0.4 is 19.5 Å². The second-order valence-corrected chi connectivity index (χ2v) is 8.95. The number of benzene rings is 2. The number of rotatable bonds is 7. The molecule has 0 unspecified atom stereocenters. The number of hydrogen-bond donors (Lipinski definition) is 1. The Morgan fingerprint density at radius 2 is 1.84 bits per heavy atom. The van der Waals surface area contributed by atoms with Crippen LogP contribution in [0.4, 0.5) is 0 Å². The van der Waals surface area contributed by atoms with Gasteiger partial charge >= 0.3 is 0 Å². The van der Waals surface area contributed by atoms with Crippen molar-refractivity contribution in [1.82, 2.24) is 10.2 Å². The predicted molar refractivity (Wildman–Crippen MR) is 124 cm³/mol. The lowest BCUT2D eigenvalue weighted by Gasteiger charge is -2.28. The molecule has 2 aliphatic rings. The summed E-state index contributed by atoms with van der Waals surface area (Å²) in [6.45, 7) is 6.93. The zero-order chi connectivity index (χ0) is 22.5. The molecule has 2 aliphatic heterocycles. The highest BCUT2D eigenvalue weighted by molar-refractivity contribution is 5.78. The Morgan fingerprint density at radius 3 is 2.56 bits per heavy atom. The first kappa shape index (κ1) is 22.5. The lowest BCUT2D eigenvalue weighted by atomic mass is 9.96. The molecule has 2 heterocycles. The molecular weight excluding hydrogens is 404 g/mol. The molecule has 2 aromatic rings. The third-order valence-corrected chi connectivity index (χ3v) is 6.32. The number of carbonyl (C=O) groups is 1. The van der Waals surface area contributed by atoms with Crippen LogP contribution in [0.15, 0.2) is 42.5 Å². The lowest BCUT2D eigenvalue weighted by molar-refractivity contribution is -0.123. The van der Waals surface area contributed by atoms with Crippen LogP contribution in [0.1, 0.15) is 56.3 Å². The van der Waals surface area contributed by atoms with Gasteiger partial charge in [-0.2, -0.15) is 0 Å². The quantitative estimate of drug-likeness (QED) is 0.689. The van der Waals surface area contributed by atoms with Gasteiger partial charge in [0.15, 0.2) is 11.5 Å². The van der Waals surface area contributed by atoms with Crippen LogP contribution in [-0.2, 0) is 4.79 Å². The maximum atomic E-state index is 13.0.